The second-order valence-electron chi connectivity index (χ2n) is 7.90. The van der Waals surface area contributed by atoms with Gasteiger partial charge in [0.05, 0.1) is 23.9 Å². The summed E-state index contributed by atoms with van der Waals surface area (Å²) in [6, 6.07) is 8.06. The fourth-order valence-corrected chi connectivity index (χ4v) is 3.02. The smallest absolute Gasteiger partial charge is 0.144 e. The Labute approximate surface area is 186 Å². The normalized spacial score (nSPS) is 12.6. The van der Waals surface area contributed by atoms with Gasteiger partial charge in [0, 0.05) is 33.2 Å². The number of nitroso groups, excluding NO2 is 1. The average Bonchev–Trinajstić information content (AvgIpc) is 2.77. The summed E-state index contributed by atoms with van der Waals surface area (Å²) < 4.78 is 0. The monoisotopic (exact) mass is 428 g/mol. The summed E-state index contributed by atoms with van der Waals surface area (Å²) >= 11 is 0. The summed E-state index contributed by atoms with van der Waals surface area (Å²) in [5, 5.41) is 28.5. The van der Waals surface area contributed by atoms with E-state index in [9.17, 15) is 15.3 Å². The molecule has 0 atom stereocenters. The van der Waals surface area contributed by atoms with Crippen molar-refractivity contribution in [2.45, 2.75) is 52.7 Å². The number of hydrogen-bond donors (Lipinski definition) is 3. The first-order valence-corrected chi connectivity index (χ1v) is 10.7. The van der Waals surface area contributed by atoms with E-state index in [2.05, 4.69) is 38.7 Å². The van der Waals surface area contributed by atoms with Crippen LogP contribution in [-0.2, 0) is 13.1 Å². The summed E-state index contributed by atoms with van der Waals surface area (Å²) in [7, 11) is 1.70. The summed E-state index contributed by atoms with van der Waals surface area (Å²) in [5.74, 6) is 0.660. The first kappa shape index (κ1) is 26.3. The fraction of sp³-hybridized carbons (Fsp3) is 0.565. The van der Waals surface area contributed by atoms with E-state index >= 15 is 0 Å². The van der Waals surface area contributed by atoms with Gasteiger partial charge in [-0.05, 0) is 44.0 Å². The average molecular weight is 429 g/mol. The Morgan fingerprint density at radius 2 is 2.06 bits per heavy atom. The number of amidine groups is 1. The Hall–Kier alpha value is -2.76. The van der Waals surface area contributed by atoms with Gasteiger partial charge in [-0.1, -0.05) is 37.2 Å². The maximum absolute atomic E-state index is 11.0. The highest BCUT2D eigenvalue weighted by Gasteiger charge is 2.19. The molecule has 8 nitrogen and oxygen atoms in total. The Bertz CT molecular complexity index is 811. The standard InChI is InChI=1S/C23H36N6O2/c1-6-8-21(27-17-23(3,4)28-31)22(25-5)26-15-20-13-18(9-10-19(20)14-24)16-29(7-2)11-12-30/h8-10,13,27,30H,6-7,11-12,15-17H2,1-5H3,(H,25,26)/b21-8+. The van der Waals surface area contributed by atoms with Gasteiger partial charge in [-0.15, -0.1) is 0 Å². The zero-order chi connectivity index (χ0) is 23.3. The van der Waals surface area contributed by atoms with E-state index in [4.69, 9.17) is 0 Å². The van der Waals surface area contributed by atoms with E-state index in [-0.39, 0.29) is 6.61 Å². The minimum Gasteiger partial charge on any atom is -0.395 e. The Morgan fingerprint density at radius 1 is 1.32 bits per heavy atom. The number of allylic oxidation sites excluding steroid dienone is 1. The van der Waals surface area contributed by atoms with Crippen LogP contribution in [0, 0.1) is 16.2 Å². The Morgan fingerprint density at radius 3 is 2.61 bits per heavy atom. The number of rotatable bonds is 13. The van der Waals surface area contributed by atoms with Crippen LogP contribution in [0.25, 0.3) is 0 Å². The number of aliphatic imine (C=N–C) groups is 1. The van der Waals surface area contributed by atoms with Gasteiger partial charge in [0.15, 0.2) is 0 Å². The van der Waals surface area contributed by atoms with Gasteiger partial charge < -0.3 is 15.7 Å². The molecule has 0 aliphatic heterocycles. The summed E-state index contributed by atoms with van der Waals surface area (Å²) in [6.07, 6.45) is 2.81. The molecule has 0 aromatic heterocycles. The summed E-state index contributed by atoms with van der Waals surface area (Å²) in [4.78, 5) is 17.5. The van der Waals surface area contributed by atoms with Gasteiger partial charge in [0.1, 0.15) is 11.4 Å². The SMILES string of the molecule is CC/C=C(/NCC(C)(C)N=O)C(=NC)NCc1cc(CN(CC)CCO)ccc1C#N. The lowest BCUT2D eigenvalue weighted by Crippen LogP contribution is -2.38. The van der Waals surface area contributed by atoms with E-state index in [1.54, 1.807) is 20.9 Å². The first-order valence-electron chi connectivity index (χ1n) is 10.7. The molecule has 3 N–H and O–H groups in total. The van der Waals surface area contributed by atoms with Gasteiger partial charge in [-0.2, -0.15) is 10.2 Å². The zero-order valence-electron chi connectivity index (χ0n) is 19.4. The Balaban J connectivity index is 2.98. The van der Waals surface area contributed by atoms with Crippen molar-refractivity contribution in [3.63, 3.8) is 0 Å². The molecular formula is C23H36N6O2. The van der Waals surface area contributed by atoms with Gasteiger partial charge in [-0.3, -0.25) is 9.89 Å². The van der Waals surface area contributed by atoms with Crippen LogP contribution in [-0.4, -0.2) is 54.7 Å². The summed E-state index contributed by atoms with van der Waals surface area (Å²) in [6.45, 7) is 10.7. The van der Waals surface area contributed by atoms with Crippen LogP contribution in [0.5, 0.6) is 0 Å². The van der Waals surface area contributed by atoms with Crippen molar-refractivity contribution >= 4 is 5.84 Å². The van der Waals surface area contributed by atoms with Gasteiger partial charge in [0.2, 0.25) is 0 Å². The molecule has 0 fully saturated rings. The molecule has 0 bridgehead atoms. The Kier molecular flexibility index (Phi) is 11.5. The van der Waals surface area contributed by atoms with Crippen LogP contribution in [0.15, 0.2) is 40.1 Å². The molecule has 0 aliphatic carbocycles. The lowest BCUT2D eigenvalue weighted by Gasteiger charge is -2.21. The predicted molar refractivity (Wildman–Crippen MR) is 126 cm³/mol. The highest BCUT2D eigenvalue weighted by molar-refractivity contribution is 5.97. The van der Waals surface area contributed by atoms with Gasteiger partial charge >= 0.3 is 0 Å². The highest BCUT2D eigenvalue weighted by atomic mass is 16.3. The largest absolute Gasteiger partial charge is 0.395 e. The third kappa shape index (κ3) is 8.87. The third-order valence-corrected chi connectivity index (χ3v) is 4.85. The first-order chi connectivity index (χ1) is 14.8. The highest BCUT2D eigenvalue weighted by Crippen LogP contribution is 2.14. The van der Waals surface area contributed by atoms with Crippen LogP contribution < -0.4 is 10.6 Å². The molecular weight excluding hydrogens is 392 g/mol. The van der Waals surface area contributed by atoms with Crippen molar-refractivity contribution in [1.29, 1.82) is 5.26 Å². The molecule has 1 aromatic rings. The molecule has 0 saturated carbocycles. The van der Waals surface area contributed by atoms with Crippen molar-refractivity contribution in [2.75, 3.05) is 33.3 Å². The molecule has 0 amide bonds. The zero-order valence-corrected chi connectivity index (χ0v) is 19.4. The summed E-state index contributed by atoms with van der Waals surface area (Å²) in [5.41, 5.74) is 2.65. The van der Waals surface area contributed by atoms with Crippen molar-refractivity contribution in [3.8, 4) is 6.07 Å². The van der Waals surface area contributed by atoms with Crippen LogP contribution >= 0.6 is 0 Å². The maximum Gasteiger partial charge on any atom is 0.144 e. The molecule has 0 heterocycles. The van der Waals surface area contributed by atoms with Crippen molar-refractivity contribution in [3.05, 3.63) is 51.6 Å². The number of likely N-dealkylation sites (N-methyl/N-ethyl adjacent to an activating group) is 1. The third-order valence-electron chi connectivity index (χ3n) is 4.85. The van der Waals surface area contributed by atoms with E-state index in [0.29, 0.717) is 37.6 Å². The second kappa shape index (κ2) is 13.5. The molecule has 0 aliphatic rings. The van der Waals surface area contributed by atoms with E-state index in [0.717, 1.165) is 29.8 Å². The molecule has 0 radical (unpaired) electrons. The van der Waals surface area contributed by atoms with Crippen LogP contribution in [0.3, 0.4) is 0 Å². The number of nitriles is 1. The van der Waals surface area contributed by atoms with Crippen LogP contribution in [0.4, 0.5) is 0 Å². The fourth-order valence-electron chi connectivity index (χ4n) is 3.02. The quantitative estimate of drug-likeness (QED) is 0.253. The number of hydrogen-bond acceptors (Lipinski definition) is 7. The number of benzene rings is 1. The molecule has 1 rings (SSSR count). The molecule has 0 spiro atoms. The molecule has 0 saturated heterocycles. The number of nitrogens with zero attached hydrogens (tertiary/aromatic N) is 4. The predicted octanol–water partition coefficient (Wildman–Crippen LogP) is 2.92. The number of aliphatic hydroxyl groups excluding tert-OH is 1. The lowest BCUT2D eigenvalue weighted by atomic mass is 10.0. The van der Waals surface area contributed by atoms with Crippen molar-refractivity contribution in [1.82, 2.24) is 15.5 Å². The van der Waals surface area contributed by atoms with E-state index in [1.807, 2.05) is 31.2 Å². The lowest BCUT2D eigenvalue weighted by molar-refractivity contribution is 0.197. The maximum atomic E-state index is 11.0. The second-order valence-corrected chi connectivity index (χ2v) is 7.90. The molecule has 31 heavy (non-hydrogen) atoms. The van der Waals surface area contributed by atoms with Crippen LogP contribution in [0.2, 0.25) is 0 Å². The molecule has 1 aromatic carbocycles. The van der Waals surface area contributed by atoms with Crippen molar-refractivity contribution in [2.24, 2.45) is 10.2 Å². The number of aliphatic hydroxyl groups is 1. The molecule has 0 unspecified atom stereocenters. The topological polar surface area (TPSA) is 113 Å². The van der Waals surface area contributed by atoms with Crippen LogP contribution in [0.1, 0.15) is 50.8 Å². The number of nitrogens with one attached hydrogen (secondary N) is 2. The van der Waals surface area contributed by atoms with E-state index < -0.39 is 5.54 Å². The van der Waals surface area contributed by atoms with E-state index in [1.165, 1.54) is 0 Å². The minimum absolute atomic E-state index is 0.116. The van der Waals surface area contributed by atoms with Crippen molar-refractivity contribution < 1.29 is 5.11 Å². The van der Waals surface area contributed by atoms with Gasteiger partial charge in [-0.25, -0.2) is 0 Å². The van der Waals surface area contributed by atoms with Gasteiger partial charge in [0.25, 0.3) is 0 Å². The molecule has 8 heteroatoms. The minimum atomic E-state index is -0.728. The molecule has 170 valence electrons.